The molecule has 94 valence electrons. The molecular formula is C13H15N3OS. The molecule has 2 rings (SSSR count). The molecule has 1 amide bonds. The quantitative estimate of drug-likeness (QED) is 0.858. The number of aromatic nitrogens is 2. The second-order valence-electron chi connectivity index (χ2n) is 4.17. The molecule has 0 bridgehead atoms. The van der Waals surface area contributed by atoms with Crippen LogP contribution in [0.3, 0.4) is 0 Å². The van der Waals surface area contributed by atoms with Crippen molar-refractivity contribution in [1.29, 1.82) is 0 Å². The van der Waals surface area contributed by atoms with E-state index in [2.05, 4.69) is 17.6 Å². The number of thiol groups is 1. The van der Waals surface area contributed by atoms with E-state index < -0.39 is 0 Å². The number of aryl methyl sites for hydroxylation is 1. The van der Waals surface area contributed by atoms with Crippen LogP contribution in [-0.4, -0.2) is 27.4 Å². The van der Waals surface area contributed by atoms with Gasteiger partial charge in [0.2, 0.25) is 0 Å². The number of benzene rings is 1. The van der Waals surface area contributed by atoms with Gasteiger partial charge in [-0.25, -0.2) is 4.98 Å². The topological polar surface area (TPSA) is 38.1 Å². The van der Waals surface area contributed by atoms with Gasteiger partial charge in [0.25, 0.3) is 5.91 Å². The van der Waals surface area contributed by atoms with Crippen LogP contribution >= 0.6 is 12.6 Å². The lowest BCUT2D eigenvalue weighted by Crippen LogP contribution is -2.27. The first-order valence-corrected chi connectivity index (χ1v) is 6.03. The molecule has 0 fully saturated rings. The zero-order valence-electron chi connectivity index (χ0n) is 10.4. The SMILES string of the molecule is CN(Cc1nccn1C)C(=O)c1cccc(S)c1. The van der Waals surface area contributed by atoms with Gasteiger partial charge in [-0.2, -0.15) is 0 Å². The maximum absolute atomic E-state index is 12.2. The van der Waals surface area contributed by atoms with E-state index in [9.17, 15) is 4.79 Å². The minimum Gasteiger partial charge on any atom is -0.337 e. The predicted molar refractivity (Wildman–Crippen MR) is 72.7 cm³/mol. The molecule has 2 aromatic rings. The number of rotatable bonds is 3. The number of amides is 1. The smallest absolute Gasteiger partial charge is 0.254 e. The van der Waals surface area contributed by atoms with Crippen LogP contribution in [0.4, 0.5) is 0 Å². The average molecular weight is 261 g/mol. The molecule has 0 unspecified atom stereocenters. The summed E-state index contributed by atoms with van der Waals surface area (Å²) >= 11 is 4.24. The summed E-state index contributed by atoms with van der Waals surface area (Å²) in [5, 5.41) is 0. The molecule has 5 heteroatoms. The Morgan fingerprint density at radius 1 is 1.50 bits per heavy atom. The van der Waals surface area contributed by atoms with Crippen molar-refractivity contribution < 1.29 is 4.79 Å². The Morgan fingerprint density at radius 2 is 2.28 bits per heavy atom. The lowest BCUT2D eigenvalue weighted by atomic mass is 10.2. The first-order valence-electron chi connectivity index (χ1n) is 5.58. The second-order valence-corrected chi connectivity index (χ2v) is 4.68. The summed E-state index contributed by atoms with van der Waals surface area (Å²) < 4.78 is 1.90. The molecule has 0 radical (unpaired) electrons. The van der Waals surface area contributed by atoms with Gasteiger partial charge in [-0.3, -0.25) is 4.79 Å². The van der Waals surface area contributed by atoms with Crippen LogP contribution in [-0.2, 0) is 13.6 Å². The summed E-state index contributed by atoms with van der Waals surface area (Å²) in [6.45, 7) is 0.485. The summed E-state index contributed by atoms with van der Waals surface area (Å²) in [4.78, 5) is 18.8. The van der Waals surface area contributed by atoms with Crippen LogP contribution in [0.5, 0.6) is 0 Å². The Bertz CT molecular complexity index is 565. The van der Waals surface area contributed by atoms with E-state index >= 15 is 0 Å². The number of nitrogens with zero attached hydrogens (tertiary/aromatic N) is 3. The van der Waals surface area contributed by atoms with Gasteiger partial charge in [-0.05, 0) is 18.2 Å². The number of carbonyl (C=O) groups is 1. The van der Waals surface area contributed by atoms with Crippen molar-refractivity contribution in [2.75, 3.05) is 7.05 Å². The molecule has 0 saturated carbocycles. The zero-order chi connectivity index (χ0) is 13.1. The molecule has 1 aromatic carbocycles. The van der Waals surface area contributed by atoms with Crippen molar-refractivity contribution in [2.45, 2.75) is 11.4 Å². The number of hydrogen-bond acceptors (Lipinski definition) is 3. The Morgan fingerprint density at radius 3 is 2.89 bits per heavy atom. The normalized spacial score (nSPS) is 10.4. The Labute approximate surface area is 112 Å². The maximum atomic E-state index is 12.2. The zero-order valence-corrected chi connectivity index (χ0v) is 11.3. The highest BCUT2D eigenvalue weighted by Gasteiger charge is 2.13. The molecule has 0 saturated heterocycles. The van der Waals surface area contributed by atoms with Crippen molar-refractivity contribution in [3.05, 3.63) is 48.0 Å². The highest BCUT2D eigenvalue weighted by Crippen LogP contribution is 2.12. The van der Waals surface area contributed by atoms with Crippen molar-refractivity contribution >= 4 is 18.5 Å². The van der Waals surface area contributed by atoms with Gasteiger partial charge in [0.05, 0.1) is 6.54 Å². The molecular weight excluding hydrogens is 246 g/mol. The Kier molecular flexibility index (Phi) is 3.72. The van der Waals surface area contributed by atoms with Gasteiger partial charge in [-0.1, -0.05) is 6.07 Å². The van der Waals surface area contributed by atoms with Crippen molar-refractivity contribution in [3.8, 4) is 0 Å². The molecule has 0 aliphatic carbocycles. The Hall–Kier alpha value is -1.75. The largest absolute Gasteiger partial charge is 0.337 e. The fraction of sp³-hybridized carbons (Fsp3) is 0.231. The van der Waals surface area contributed by atoms with Gasteiger partial charge < -0.3 is 9.47 Å². The molecule has 4 nitrogen and oxygen atoms in total. The van der Waals surface area contributed by atoms with Crippen LogP contribution in [0.25, 0.3) is 0 Å². The fourth-order valence-corrected chi connectivity index (χ4v) is 1.92. The molecule has 0 spiro atoms. The second kappa shape index (κ2) is 5.27. The number of carbonyl (C=O) groups excluding carboxylic acids is 1. The lowest BCUT2D eigenvalue weighted by molar-refractivity contribution is 0.0780. The summed E-state index contributed by atoms with van der Waals surface area (Å²) in [7, 11) is 3.68. The lowest BCUT2D eigenvalue weighted by Gasteiger charge is -2.17. The van der Waals surface area contributed by atoms with E-state index in [0.717, 1.165) is 10.7 Å². The maximum Gasteiger partial charge on any atom is 0.254 e. The summed E-state index contributed by atoms with van der Waals surface area (Å²) in [6, 6.07) is 7.22. The molecule has 1 aromatic heterocycles. The predicted octanol–water partition coefficient (Wildman–Crippen LogP) is 1.98. The highest BCUT2D eigenvalue weighted by molar-refractivity contribution is 7.80. The van der Waals surface area contributed by atoms with Crippen LogP contribution in [0, 0.1) is 0 Å². The van der Waals surface area contributed by atoms with E-state index in [1.807, 2.05) is 29.9 Å². The third-order valence-corrected chi connectivity index (χ3v) is 3.02. The molecule has 0 aliphatic heterocycles. The summed E-state index contributed by atoms with van der Waals surface area (Å²) in [5.41, 5.74) is 0.638. The standard InChI is InChI=1S/C13H15N3OS/c1-15-7-6-14-12(15)9-16(2)13(17)10-4-3-5-11(18)8-10/h3-8,18H,9H2,1-2H3. The average Bonchev–Trinajstić information content (AvgIpc) is 2.74. The minimum atomic E-state index is -0.0334. The third kappa shape index (κ3) is 2.73. The molecule has 0 N–H and O–H groups in total. The Balaban J connectivity index is 2.12. The van der Waals surface area contributed by atoms with Gasteiger partial charge in [-0.15, -0.1) is 12.6 Å². The molecule has 1 heterocycles. The number of hydrogen-bond donors (Lipinski definition) is 1. The molecule has 18 heavy (non-hydrogen) atoms. The van der Waals surface area contributed by atoms with E-state index in [4.69, 9.17) is 0 Å². The molecule has 0 aliphatic rings. The van der Waals surface area contributed by atoms with E-state index in [1.165, 1.54) is 0 Å². The van der Waals surface area contributed by atoms with Crippen LogP contribution in [0.1, 0.15) is 16.2 Å². The third-order valence-electron chi connectivity index (χ3n) is 2.74. The van der Waals surface area contributed by atoms with Crippen molar-refractivity contribution in [2.24, 2.45) is 7.05 Å². The van der Waals surface area contributed by atoms with Crippen LogP contribution < -0.4 is 0 Å². The van der Waals surface area contributed by atoms with E-state index in [1.54, 1.807) is 30.3 Å². The monoisotopic (exact) mass is 261 g/mol. The minimum absolute atomic E-state index is 0.0334. The van der Waals surface area contributed by atoms with Crippen LogP contribution in [0.2, 0.25) is 0 Å². The first kappa shape index (κ1) is 12.7. The van der Waals surface area contributed by atoms with Gasteiger partial charge in [0.15, 0.2) is 0 Å². The van der Waals surface area contributed by atoms with Crippen molar-refractivity contribution in [3.63, 3.8) is 0 Å². The molecule has 0 atom stereocenters. The summed E-state index contributed by atoms with van der Waals surface area (Å²) in [5.74, 6) is 0.821. The highest BCUT2D eigenvalue weighted by atomic mass is 32.1. The van der Waals surface area contributed by atoms with E-state index in [0.29, 0.717) is 12.1 Å². The van der Waals surface area contributed by atoms with Gasteiger partial charge >= 0.3 is 0 Å². The van der Waals surface area contributed by atoms with Crippen LogP contribution in [0.15, 0.2) is 41.6 Å². The summed E-state index contributed by atoms with van der Waals surface area (Å²) in [6.07, 6.45) is 3.59. The number of imidazole rings is 1. The van der Waals surface area contributed by atoms with Crippen molar-refractivity contribution in [1.82, 2.24) is 14.5 Å². The first-order chi connectivity index (χ1) is 8.58. The van der Waals surface area contributed by atoms with E-state index in [-0.39, 0.29) is 5.91 Å². The van der Waals surface area contributed by atoms with Gasteiger partial charge in [0.1, 0.15) is 5.82 Å². The fourth-order valence-electron chi connectivity index (χ4n) is 1.69. The van der Waals surface area contributed by atoms with Gasteiger partial charge in [0, 0.05) is 36.9 Å².